The van der Waals surface area contributed by atoms with E-state index in [1.807, 2.05) is 23.7 Å². The average molecular weight is 352 g/mol. The summed E-state index contributed by atoms with van der Waals surface area (Å²) in [5.41, 5.74) is 8.69. The molecule has 1 aromatic carbocycles. The lowest BCUT2D eigenvalue weighted by atomic mass is 10.1. The van der Waals surface area contributed by atoms with E-state index in [4.69, 9.17) is 10.5 Å². The van der Waals surface area contributed by atoms with Crippen molar-refractivity contribution in [3.8, 4) is 11.4 Å². The third-order valence-corrected chi connectivity index (χ3v) is 4.49. The van der Waals surface area contributed by atoms with Gasteiger partial charge in [-0.05, 0) is 54.8 Å². The number of nitrogens with two attached hydrogens (primary N) is 1. The SMILES string of the molecule is Cc1c(N)cc(Br)cc1-c1nnnn1C(C)C1CCCO1. The molecule has 1 fully saturated rings. The molecule has 112 valence electrons. The molecule has 2 N–H and O–H groups in total. The van der Waals surface area contributed by atoms with Gasteiger partial charge in [-0.15, -0.1) is 5.10 Å². The van der Waals surface area contributed by atoms with Gasteiger partial charge in [-0.25, -0.2) is 4.68 Å². The number of nitrogens with zero attached hydrogens (tertiary/aromatic N) is 4. The Balaban J connectivity index is 2.03. The standard InChI is InChI=1S/C14H18BrN5O/c1-8-11(6-10(15)7-12(8)16)14-17-18-19-20(14)9(2)13-4-3-5-21-13/h6-7,9,13H,3-5,16H2,1-2H3. The summed E-state index contributed by atoms with van der Waals surface area (Å²) >= 11 is 3.48. The summed E-state index contributed by atoms with van der Waals surface area (Å²) in [6.07, 6.45) is 2.30. The third-order valence-electron chi connectivity index (χ3n) is 4.04. The summed E-state index contributed by atoms with van der Waals surface area (Å²) in [6.45, 7) is 4.88. The maximum Gasteiger partial charge on any atom is 0.182 e. The Labute approximate surface area is 131 Å². The molecular weight excluding hydrogens is 334 g/mol. The Morgan fingerprint density at radius 2 is 2.29 bits per heavy atom. The number of halogens is 1. The minimum atomic E-state index is 0.0945. The Morgan fingerprint density at radius 3 is 3.00 bits per heavy atom. The Kier molecular flexibility index (Phi) is 3.95. The molecule has 21 heavy (non-hydrogen) atoms. The number of benzene rings is 1. The monoisotopic (exact) mass is 351 g/mol. The van der Waals surface area contributed by atoms with E-state index < -0.39 is 0 Å². The van der Waals surface area contributed by atoms with E-state index >= 15 is 0 Å². The lowest BCUT2D eigenvalue weighted by Crippen LogP contribution is -2.23. The molecule has 0 bridgehead atoms. The number of hydrogen-bond acceptors (Lipinski definition) is 5. The Hall–Kier alpha value is -1.47. The van der Waals surface area contributed by atoms with Gasteiger partial charge in [0.2, 0.25) is 0 Å². The Morgan fingerprint density at radius 1 is 1.48 bits per heavy atom. The van der Waals surface area contributed by atoms with E-state index in [-0.39, 0.29) is 12.1 Å². The van der Waals surface area contributed by atoms with Gasteiger partial charge in [0.15, 0.2) is 5.82 Å². The van der Waals surface area contributed by atoms with Crippen molar-refractivity contribution in [2.45, 2.75) is 38.8 Å². The normalized spacial score (nSPS) is 19.9. The van der Waals surface area contributed by atoms with Gasteiger partial charge in [0, 0.05) is 22.3 Å². The maximum absolute atomic E-state index is 6.04. The van der Waals surface area contributed by atoms with Crippen molar-refractivity contribution < 1.29 is 4.74 Å². The largest absolute Gasteiger partial charge is 0.398 e. The van der Waals surface area contributed by atoms with Gasteiger partial charge in [0.1, 0.15) is 0 Å². The highest BCUT2D eigenvalue weighted by atomic mass is 79.9. The van der Waals surface area contributed by atoms with Crippen molar-refractivity contribution >= 4 is 21.6 Å². The molecule has 2 atom stereocenters. The highest BCUT2D eigenvalue weighted by molar-refractivity contribution is 9.10. The molecule has 1 aliphatic rings. The van der Waals surface area contributed by atoms with Gasteiger partial charge in [-0.3, -0.25) is 0 Å². The van der Waals surface area contributed by atoms with Gasteiger partial charge in [-0.1, -0.05) is 15.9 Å². The maximum atomic E-state index is 6.04. The zero-order valence-electron chi connectivity index (χ0n) is 12.1. The van der Waals surface area contributed by atoms with Crippen LogP contribution in [-0.2, 0) is 4.74 Å². The van der Waals surface area contributed by atoms with Crippen LogP contribution >= 0.6 is 15.9 Å². The van der Waals surface area contributed by atoms with Crippen LogP contribution in [0.15, 0.2) is 16.6 Å². The predicted molar refractivity (Wildman–Crippen MR) is 83.8 cm³/mol. The number of tetrazole rings is 1. The number of hydrogen-bond donors (Lipinski definition) is 1. The van der Waals surface area contributed by atoms with Crippen LogP contribution in [-0.4, -0.2) is 32.9 Å². The van der Waals surface area contributed by atoms with Gasteiger partial charge >= 0.3 is 0 Å². The molecule has 2 heterocycles. The first-order valence-corrected chi connectivity index (χ1v) is 7.82. The molecule has 6 nitrogen and oxygen atoms in total. The smallest absolute Gasteiger partial charge is 0.182 e. The van der Waals surface area contributed by atoms with Crippen molar-refractivity contribution in [2.24, 2.45) is 0 Å². The molecule has 0 radical (unpaired) electrons. The Bertz CT molecular complexity index is 651. The first kappa shape index (κ1) is 14.5. The minimum absolute atomic E-state index is 0.0945. The van der Waals surface area contributed by atoms with Crippen LogP contribution in [0.5, 0.6) is 0 Å². The topological polar surface area (TPSA) is 78.9 Å². The zero-order valence-corrected chi connectivity index (χ0v) is 13.7. The van der Waals surface area contributed by atoms with E-state index in [2.05, 4.69) is 38.4 Å². The zero-order chi connectivity index (χ0) is 15.0. The fourth-order valence-corrected chi connectivity index (χ4v) is 3.19. The summed E-state index contributed by atoms with van der Waals surface area (Å²) in [4.78, 5) is 0. The van der Waals surface area contributed by atoms with Crippen LogP contribution in [0, 0.1) is 6.92 Å². The first-order valence-electron chi connectivity index (χ1n) is 7.03. The number of nitrogen functional groups attached to an aromatic ring is 1. The van der Waals surface area contributed by atoms with Crippen LogP contribution in [0.25, 0.3) is 11.4 Å². The van der Waals surface area contributed by atoms with E-state index in [0.717, 1.165) is 46.6 Å². The quantitative estimate of drug-likeness (QED) is 0.860. The molecule has 2 aromatic rings. The molecule has 3 rings (SSSR count). The highest BCUT2D eigenvalue weighted by Crippen LogP contribution is 2.32. The molecule has 1 aromatic heterocycles. The molecule has 7 heteroatoms. The van der Waals surface area contributed by atoms with Crippen molar-refractivity contribution in [3.05, 3.63) is 22.2 Å². The van der Waals surface area contributed by atoms with Gasteiger partial charge in [0.25, 0.3) is 0 Å². The van der Waals surface area contributed by atoms with Crippen LogP contribution in [0.4, 0.5) is 5.69 Å². The van der Waals surface area contributed by atoms with Crippen molar-refractivity contribution in [1.82, 2.24) is 20.2 Å². The lowest BCUT2D eigenvalue weighted by Gasteiger charge is -2.20. The third kappa shape index (κ3) is 2.67. The number of aromatic nitrogens is 4. The highest BCUT2D eigenvalue weighted by Gasteiger charge is 2.27. The number of rotatable bonds is 3. The van der Waals surface area contributed by atoms with E-state index in [1.54, 1.807) is 0 Å². The van der Waals surface area contributed by atoms with Crippen molar-refractivity contribution in [3.63, 3.8) is 0 Å². The molecule has 0 spiro atoms. The van der Waals surface area contributed by atoms with E-state index in [0.29, 0.717) is 0 Å². The second-order valence-corrected chi connectivity index (χ2v) is 6.32. The van der Waals surface area contributed by atoms with E-state index in [1.165, 1.54) is 0 Å². The van der Waals surface area contributed by atoms with Gasteiger partial charge < -0.3 is 10.5 Å². The van der Waals surface area contributed by atoms with Crippen LogP contribution in [0.3, 0.4) is 0 Å². The molecular formula is C14H18BrN5O. The summed E-state index contributed by atoms with van der Waals surface area (Å²) in [5, 5.41) is 12.2. The number of anilines is 1. The molecule has 0 saturated carbocycles. The second kappa shape index (κ2) is 5.73. The van der Waals surface area contributed by atoms with Crippen molar-refractivity contribution in [1.29, 1.82) is 0 Å². The fraction of sp³-hybridized carbons (Fsp3) is 0.500. The fourth-order valence-electron chi connectivity index (χ4n) is 2.72. The van der Waals surface area contributed by atoms with Crippen LogP contribution in [0.2, 0.25) is 0 Å². The summed E-state index contributed by atoms with van der Waals surface area (Å²) in [6, 6.07) is 3.98. The van der Waals surface area contributed by atoms with Crippen LogP contribution < -0.4 is 5.73 Å². The van der Waals surface area contributed by atoms with Gasteiger partial charge in [0.05, 0.1) is 12.1 Å². The molecule has 0 amide bonds. The van der Waals surface area contributed by atoms with E-state index in [9.17, 15) is 0 Å². The number of ether oxygens (including phenoxy) is 1. The average Bonchev–Trinajstić information content (AvgIpc) is 3.12. The molecule has 0 aliphatic carbocycles. The molecule has 2 unspecified atom stereocenters. The first-order chi connectivity index (χ1) is 10.1. The summed E-state index contributed by atoms with van der Waals surface area (Å²) in [7, 11) is 0. The van der Waals surface area contributed by atoms with Gasteiger partial charge in [-0.2, -0.15) is 0 Å². The van der Waals surface area contributed by atoms with Crippen molar-refractivity contribution in [2.75, 3.05) is 12.3 Å². The second-order valence-electron chi connectivity index (χ2n) is 5.41. The summed E-state index contributed by atoms with van der Waals surface area (Å²) < 4.78 is 8.51. The molecule has 1 saturated heterocycles. The minimum Gasteiger partial charge on any atom is -0.398 e. The lowest BCUT2D eigenvalue weighted by molar-refractivity contribution is 0.0690. The molecule has 1 aliphatic heterocycles. The summed E-state index contributed by atoms with van der Waals surface area (Å²) in [5.74, 6) is 0.725. The van der Waals surface area contributed by atoms with Crippen LogP contribution in [0.1, 0.15) is 31.4 Å². The predicted octanol–water partition coefficient (Wildman–Crippen LogP) is 2.73.